The summed E-state index contributed by atoms with van der Waals surface area (Å²) in [7, 11) is 0. The van der Waals surface area contributed by atoms with E-state index < -0.39 is 6.09 Å². The minimum Gasteiger partial charge on any atom is -0.465 e. The van der Waals surface area contributed by atoms with Crippen molar-refractivity contribution in [3.63, 3.8) is 0 Å². The number of amides is 2. The maximum absolute atomic E-state index is 13.0. The fraction of sp³-hybridized carbons (Fsp3) is 0.385. The van der Waals surface area contributed by atoms with Crippen LogP contribution < -0.4 is 5.32 Å². The highest BCUT2D eigenvalue weighted by atomic mass is 79.9. The Balaban J connectivity index is 1.94. The van der Waals surface area contributed by atoms with Crippen LogP contribution >= 0.6 is 15.9 Å². The van der Waals surface area contributed by atoms with Crippen LogP contribution in [0.3, 0.4) is 0 Å². The first kappa shape index (κ1) is 14.8. The van der Waals surface area contributed by atoms with Gasteiger partial charge < -0.3 is 15.3 Å². The van der Waals surface area contributed by atoms with Gasteiger partial charge in [0, 0.05) is 23.5 Å². The summed E-state index contributed by atoms with van der Waals surface area (Å²) in [4.78, 5) is 24.2. The summed E-state index contributed by atoms with van der Waals surface area (Å²) in [5.74, 6) is -0.769. The topological polar surface area (TPSA) is 69.6 Å². The number of benzene rings is 1. The van der Waals surface area contributed by atoms with Crippen LogP contribution in [0, 0.1) is 11.7 Å². The predicted octanol–water partition coefficient (Wildman–Crippen LogP) is 2.92. The summed E-state index contributed by atoms with van der Waals surface area (Å²) < 4.78 is 13.4. The monoisotopic (exact) mass is 344 g/mol. The van der Waals surface area contributed by atoms with E-state index in [1.165, 1.54) is 23.1 Å². The highest BCUT2D eigenvalue weighted by molar-refractivity contribution is 9.10. The van der Waals surface area contributed by atoms with Gasteiger partial charge in [0.05, 0.1) is 5.69 Å². The van der Waals surface area contributed by atoms with E-state index in [1.54, 1.807) is 0 Å². The molecule has 0 unspecified atom stereocenters. The molecule has 5 nitrogen and oxygen atoms in total. The second-order valence-electron chi connectivity index (χ2n) is 4.66. The van der Waals surface area contributed by atoms with Crippen molar-refractivity contribution in [1.82, 2.24) is 4.90 Å². The molecule has 0 aliphatic carbocycles. The average molecular weight is 345 g/mol. The summed E-state index contributed by atoms with van der Waals surface area (Å²) >= 11 is 3.19. The number of carboxylic acid groups (broad SMARTS) is 1. The molecule has 1 aromatic carbocycles. The van der Waals surface area contributed by atoms with E-state index in [-0.39, 0.29) is 17.6 Å². The molecule has 2 N–H and O–H groups in total. The SMILES string of the molecule is O=C(Nc1ccc(F)cc1Br)C1CCN(C(=O)O)CC1. The molecule has 1 saturated heterocycles. The zero-order valence-electron chi connectivity index (χ0n) is 10.6. The molecule has 20 heavy (non-hydrogen) atoms. The molecular weight excluding hydrogens is 331 g/mol. The number of nitrogens with zero attached hydrogens (tertiary/aromatic N) is 1. The highest BCUT2D eigenvalue weighted by Crippen LogP contribution is 2.25. The molecule has 2 rings (SSSR count). The molecule has 0 aromatic heterocycles. The van der Waals surface area contributed by atoms with Gasteiger partial charge in [-0.2, -0.15) is 0 Å². The lowest BCUT2D eigenvalue weighted by Gasteiger charge is -2.29. The van der Waals surface area contributed by atoms with Gasteiger partial charge in [0.15, 0.2) is 0 Å². The molecule has 1 heterocycles. The maximum atomic E-state index is 13.0. The number of hydrogen-bond acceptors (Lipinski definition) is 2. The number of rotatable bonds is 2. The van der Waals surface area contributed by atoms with Crippen LogP contribution in [-0.4, -0.2) is 35.1 Å². The number of likely N-dealkylation sites (tertiary alicyclic amines) is 1. The minimum absolute atomic E-state index is 0.164. The number of anilines is 1. The summed E-state index contributed by atoms with van der Waals surface area (Å²) in [5.41, 5.74) is 0.511. The van der Waals surface area contributed by atoms with Gasteiger partial charge in [-0.3, -0.25) is 4.79 Å². The van der Waals surface area contributed by atoms with E-state index in [0.717, 1.165) is 0 Å². The third kappa shape index (κ3) is 3.47. The molecular formula is C13H14BrFN2O3. The third-order valence-electron chi connectivity index (χ3n) is 3.33. The fourth-order valence-corrected chi connectivity index (χ4v) is 2.61. The van der Waals surface area contributed by atoms with E-state index in [4.69, 9.17) is 5.11 Å². The van der Waals surface area contributed by atoms with Crippen LogP contribution in [-0.2, 0) is 4.79 Å². The van der Waals surface area contributed by atoms with Gasteiger partial charge in [-0.15, -0.1) is 0 Å². The molecule has 0 bridgehead atoms. The largest absolute Gasteiger partial charge is 0.465 e. The Kier molecular flexibility index (Phi) is 4.59. The van der Waals surface area contributed by atoms with Gasteiger partial charge in [-0.25, -0.2) is 9.18 Å². The first-order valence-corrected chi connectivity index (χ1v) is 7.00. The number of nitrogens with one attached hydrogen (secondary N) is 1. The Bertz CT molecular complexity index is 530. The number of halogens is 2. The zero-order valence-corrected chi connectivity index (χ0v) is 12.2. The molecule has 1 fully saturated rings. The van der Waals surface area contributed by atoms with Crippen molar-refractivity contribution in [2.24, 2.45) is 5.92 Å². The van der Waals surface area contributed by atoms with E-state index in [1.807, 2.05) is 0 Å². The quantitative estimate of drug-likeness (QED) is 0.866. The van der Waals surface area contributed by atoms with Crippen LogP contribution in [0.4, 0.5) is 14.9 Å². The van der Waals surface area contributed by atoms with E-state index in [2.05, 4.69) is 21.2 Å². The molecule has 1 aliphatic heterocycles. The van der Waals surface area contributed by atoms with Gasteiger partial charge in [0.25, 0.3) is 0 Å². The first-order valence-electron chi connectivity index (χ1n) is 6.21. The standard InChI is InChI=1S/C13H14BrFN2O3/c14-10-7-9(15)1-2-11(10)16-12(18)8-3-5-17(6-4-8)13(19)20/h1-2,7-8H,3-6H2,(H,16,18)(H,19,20). The number of carbonyl (C=O) groups is 2. The Labute approximate surface area is 123 Å². The molecule has 7 heteroatoms. The average Bonchev–Trinajstić information content (AvgIpc) is 2.42. The Morgan fingerprint density at radius 1 is 1.35 bits per heavy atom. The molecule has 0 radical (unpaired) electrons. The van der Waals surface area contributed by atoms with Gasteiger partial charge in [-0.1, -0.05) is 0 Å². The molecule has 0 saturated carbocycles. The second-order valence-corrected chi connectivity index (χ2v) is 5.51. The van der Waals surface area contributed by atoms with E-state index in [9.17, 15) is 14.0 Å². The Hall–Kier alpha value is -1.63. The van der Waals surface area contributed by atoms with Crippen molar-refractivity contribution in [2.75, 3.05) is 18.4 Å². The van der Waals surface area contributed by atoms with Crippen molar-refractivity contribution >= 4 is 33.6 Å². The lowest BCUT2D eigenvalue weighted by molar-refractivity contribution is -0.121. The molecule has 0 atom stereocenters. The predicted molar refractivity (Wildman–Crippen MR) is 75.1 cm³/mol. The first-order chi connectivity index (χ1) is 9.47. The minimum atomic E-state index is -0.954. The van der Waals surface area contributed by atoms with E-state index >= 15 is 0 Å². The van der Waals surface area contributed by atoms with Crippen LogP contribution in [0.5, 0.6) is 0 Å². The highest BCUT2D eigenvalue weighted by Gasteiger charge is 2.27. The lowest BCUT2D eigenvalue weighted by Crippen LogP contribution is -2.40. The lowest BCUT2D eigenvalue weighted by atomic mass is 9.96. The summed E-state index contributed by atoms with van der Waals surface area (Å²) in [6.45, 7) is 0.718. The summed E-state index contributed by atoms with van der Waals surface area (Å²) in [6, 6.07) is 4.04. The van der Waals surface area contributed by atoms with Crippen LogP contribution in [0.25, 0.3) is 0 Å². The molecule has 108 valence electrons. The Morgan fingerprint density at radius 3 is 2.55 bits per heavy atom. The normalized spacial score (nSPS) is 16.0. The van der Waals surface area contributed by atoms with Crippen molar-refractivity contribution < 1.29 is 19.1 Å². The van der Waals surface area contributed by atoms with Gasteiger partial charge in [0.2, 0.25) is 5.91 Å². The van der Waals surface area contributed by atoms with Crippen molar-refractivity contribution in [1.29, 1.82) is 0 Å². The van der Waals surface area contributed by atoms with Crippen LogP contribution in [0.2, 0.25) is 0 Å². The third-order valence-corrected chi connectivity index (χ3v) is 3.98. The van der Waals surface area contributed by atoms with Crippen LogP contribution in [0.1, 0.15) is 12.8 Å². The fourth-order valence-electron chi connectivity index (χ4n) is 2.16. The van der Waals surface area contributed by atoms with Crippen molar-refractivity contribution in [3.8, 4) is 0 Å². The van der Waals surface area contributed by atoms with Crippen molar-refractivity contribution in [3.05, 3.63) is 28.5 Å². The second kappa shape index (κ2) is 6.21. The van der Waals surface area contributed by atoms with E-state index in [0.29, 0.717) is 36.1 Å². The molecule has 1 aliphatic rings. The number of piperidine rings is 1. The van der Waals surface area contributed by atoms with Gasteiger partial charge in [0.1, 0.15) is 5.82 Å². The maximum Gasteiger partial charge on any atom is 0.407 e. The van der Waals surface area contributed by atoms with Crippen LogP contribution in [0.15, 0.2) is 22.7 Å². The molecule has 1 aromatic rings. The van der Waals surface area contributed by atoms with Gasteiger partial charge >= 0.3 is 6.09 Å². The summed E-state index contributed by atoms with van der Waals surface area (Å²) in [5, 5.41) is 11.6. The molecule has 0 spiro atoms. The number of carbonyl (C=O) groups excluding carboxylic acids is 1. The number of hydrogen-bond donors (Lipinski definition) is 2. The smallest absolute Gasteiger partial charge is 0.407 e. The van der Waals surface area contributed by atoms with Crippen molar-refractivity contribution in [2.45, 2.75) is 12.8 Å². The summed E-state index contributed by atoms with van der Waals surface area (Å²) in [6.07, 6.45) is 0.0404. The Morgan fingerprint density at radius 2 is 2.00 bits per heavy atom. The molecule has 2 amide bonds. The van der Waals surface area contributed by atoms with Gasteiger partial charge in [-0.05, 0) is 47.0 Å². The zero-order chi connectivity index (χ0) is 14.7.